The maximum absolute atomic E-state index is 5.30. The molecule has 0 atom stereocenters. The van der Waals surface area contributed by atoms with Crippen molar-refractivity contribution in [2.75, 3.05) is 5.73 Å². The van der Waals surface area contributed by atoms with Crippen LogP contribution in [0.3, 0.4) is 0 Å². The van der Waals surface area contributed by atoms with Gasteiger partial charge in [0.15, 0.2) is 11.5 Å². The summed E-state index contributed by atoms with van der Waals surface area (Å²) in [6, 6.07) is 0. The zero-order valence-corrected chi connectivity index (χ0v) is 3.92. The van der Waals surface area contributed by atoms with Gasteiger partial charge in [-0.3, -0.25) is 0 Å². The van der Waals surface area contributed by atoms with Crippen molar-refractivity contribution in [3.05, 3.63) is 0 Å². The maximum Gasteiger partial charge on any atom is 0.250 e. The van der Waals surface area contributed by atoms with Gasteiger partial charge in [-0.1, -0.05) is 0 Å². The van der Waals surface area contributed by atoms with E-state index in [4.69, 9.17) is 5.73 Å². The third-order valence-electron chi connectivity index (χ3n) is 0.944. The number of aromatic amines is 1. The predicted octanol–water partition coefficient (Wildman–Crippen LogP) is -0.627. The van der Waals surface area contributed by atoms with Gasteiger partial charge in [-0.15, -0.1) is 10.2 Å². The molecule has 2 aromatic rings. The summed E-state index contributed by atoms with van der Waals surface area (Å²) in [5, 5.41) is 7.20. The highest BCUT2D eigenvalue weighted by Gasteiger charge is 2.02. The first-order valence-corrected chi connectivity index (χ1v) is 2.13. The van der Waals surface area contributed by atoms with Gasteiger partial charge < -0.3 is 10.7 Å². The minimum atomic E-state index is 0.426. The number of nitrogens with one attached hydrogen (secondary N) is 1. The monoisotopic (exact) mass is 109 g/mol. The Morgan fingerprint density at radius 2 is 2.25 bits per heavy atom. The van der Waals surface area contributed by atoms with Gasteiger partial charge in [0.1, 0.15) is 0 Å². The van der Waals surface area contributed by atoms with Crippen LogP contribution < -0.4 is 5.73 Å². The zero-order valence-electron chi connectivity index (χ0n) is 3.92. The van der Waals surface area contributed by atoms with E-state index in [0.717, 1.165) is 0 Å². The van der Waals surface area contributed by atoms with Crippen molar-refractivity contribution >= 4 is 17.2 Å². The largest absolute Gasteiger partial charge is 0.380 e. The van der Waals surface area contributed by atoms with Crippen molar-refractivity contribution in [2.24, 2.45) is 0 Å². The summed E-state index contributed by atoms with van der Waals surface area (Å²) in [5.74, 6) is 0.924. The van der Waals surface area contributed by atoms with Crippen LogP contribution >= 0.6 is 0 Å². The molecule has 2 rings (SSSR count). The Kier molecular flexibility index (Phi) is 0.397. The standard InChI is InChI=1S/C3H3N5/c4-1-2-6-3(5-1)8-7-2/h(H3,4,5,6,7,8). The molecule has 0 saturated carbocycles. The molecule has 0 saturated heterocycles. The van der Waals surface area contributed by atoms with Crippen molar-refractivity contribution in [1.29, 1.82) is 0 Å². The molecule has 0 aliphatic rings. The number of H-pyrrole nitrogens is 1. The van der Waals surface area contributed by atoms with Crippen molar-refractivity contribution in [3.63, 3.8) is 0 Å². The second kappa shape index (κ2) is 0.885. The third kappa shape index (κ3) is 0.247. The maximum atomic E-state index is 5.30. The minimum absolute atomic E-state index is 0.426. The minimum Gasteiger partial charge on any atom is -0.380 e. The van der Waals surface area contributed by atoms with Crippen LogP contribution in [0, 0.1) is 0 Å². The topological polar surface area (TPSA) is 80.5 Å². The molecule has 0 aliphatic heterocycles. The fourth-order valence-electron chi connectivity index (χ4n) is 0.586. The molecule has 0 radical (unpaired) electrons. The summed E-state index contributed by atoms with van der Waals surface area (Å²) >= 11 is 0. The number of aromatic nitrogens is 4. The molecule has 2 heterocycles. The summed E-state index contributed by atoms with van der Waals surface area (Å²) in [4.78, 5) is 6.51. The average Bonchev–Trinajstić information content (AvgIpc) is 2.23. The van der Waals surface area contributed by atoms with E-state index in [-0.39, 0.29) is 0 Å². The van der Waals surface area contributed by atoms with Gasteiger partial charge in [0.05, 0.1) is 0 Å². The van der Waals surface area contributed by atoms with Crippen LogP contribution in [-0.4, -0.2) is 20.2 Å². The smallest absolute Gasteiger partial charge is 0.250 e. The second-order valence-electron chi connectivity index (χ2n) is 1.49. The first-order chi connectivity index (χ1) is 3.86. The molecule has 5 heteroatoms. The van der Waals surface area contributed by atoms with E-state index in [2.05, 4.69) is 20.2 Å². The Labute approximate surface area is 44.3 Å². The number of rotatable bonds is 0. The fraction of sp³-hybridized carbons (Fsp3) is 0. The quantitative estimate of drug-likeness (QED) is 0.472. The lowest BCUT2D eigenvalue weighted by atomic mass is 10.7. The van der Waals surface area contributed by atoms with Crippen LogP contribution in [0.4, 0.5) is 5.82 Å². The van der Waals surface area contributed by atoms with Crippen LogP contribution in [0.5, 0.6) is 0 Å². The van der Waals surface area contributed by atoms with E-state index >= 15 is 0 Å². The van der Waals surface area contributed by atoms with E-state index in [0.29, 0.717) is 17.2 Å². The molecule has 8 heavy (non-hydrogen) atoms. The summed E-state index contributed by atoms with van der Waals surface area (Å²) in [5.41, 5.74) is 5.87. The van der Waals surface area contributed by atoms with Crippen molar-refractivity contribution in [3.8, 4) is 0 Å². The number of fused-ring (bicyclic) bond motifs is 2. The molecule has 3 N–H and O–H groups in total. The van der Waals surface area contributed by atoms with E-state index in [1.165, 1.54) is 0 Å². The van der Waals surface area contributed by atoms with E-state index < -0.39 is 0 Å². The number of imidazole rings is 1. The molecular weight excluding hydrogens is 106 g/mol. The molecule has 5 nitrogen and oxygen atoms in total. The first-order valence-electron chi connectivity index (χ1n) is 2.13. The molecular formula is C3H3N5. The summed E-state index contributed by atoms with van der Waals surface area (Å²) < 4.78 is 0. The van der Waals surface area contributed by atoms with Crippen LogP contribution in [0.2, 0.25) is 0 Å². The van der Waals surface area contributed by atoms with Gasteiger partial charge in [0.25, 0.3) is 5.78 Å². The Balaban J connectivity index is 3.02. The number of nitrogens with two attached hydrogens (primary N) is 1. The van der Waals surface area contributed by atoms with Gasteiger partial charge >= 0.3 is 0 Å². The SMILES string of the molecule is Nc1nc2nnc1[nH]2. The third-order valence-corrected chi connectivity index (χ3v) is 0.944. The number of nitrogens with zero attached hydrogens (tertiary/aromatic N) is 3. The van der Waals surface area contributed by atoms with Crippen LogP contribution in [0.25, 0.3) is 11.4 Å². The van der Waals surface area contributed by atoms with Crippen LogP contribution in [-0.2, 0) is 0 Å². The molecule has 0 spiro atoms. The van der Waals surface area contributed by atoms with Gasteiger partial charge in [-0.25, -0.2) is 0 Å². The van der Waals surface area contributed by atoms with E-state index in [1.807, 2.05) is 0 Å². The number of hydrogen-bond acceptors (Lipinski definition) is 4. The van der Waals surface area contributed by atoms with Crippen molar-refractivity contribution in [1.82, 2.24) is 20.2 Å². The van der Waals surface area contributed by atoms with Gasteiger partial charge in [-0.2, -0.15) is 4.98 Å². The van der Waals surface area contributed by atoms with Crippen LogP contribution in [0.1, 0.15) is 0 Å². The summed E-state index contributed by atoms with van der Waals surface area (Å²) in [7, 11) is 0. The second-order valence-corrected chi connectivity index (χ2v) is 1.49. The molecule has 0 amide bonds. The lowest BCUT2D eigenvalue weighted by Gasteiger charge is -1.77. The molecule has 0 unspecified atom stereocenters. The molecule has 0 fully saturated rings. The molecule has 2 bridgehead atoms. The summed E-state index contributed by atoms with van der Waals surface area (Å²) in [6.07, 6.45) is 0. The number of anilines is 1. The van der Waals surface area contributed by atoms with Crippen molar-refractivity contribution in [2.45, 2.75) is 0 Å². The predicted molar refractivity (Wildman–Crippen MR) is 27.3 cm³/mol. The Bertz CT molecular complexity index is 285. The van der Waals surface area contributed by atoms with Crippen molar-refractivity contribution < 1.29 is 0 Å². The highest BCUT2D eigenvalue weighted by molar-refractivity contribution is 5.64. The Hall–Kier alpha value is -1.39. The normalized spacial score (nSPS) is 11.0. The first kappa shape index (κ1) is 3.59. The van der Waals surface area contributed by atoms with E-state index in [9.17, 15) is 0 Å². The lowest BCUT2D eigenvalue weighted by Crippen LogP contribution is -1.88. The average molecular weight is 109 g/mol. The zero-order chi connectivity index (χ0) is 5.56. The Morgan fingerprint density at radius 1 is 1.38 bits per heavy atom. The molecule has 0 aromatic carbocycles. The highest BCUT2D eigenvalue weighted by Crippen LogP contribution is 2.06. The molecule has 2 aromatic heterocycles. The molecule has 0 aliphatic carbocycles. The lowest BCUT2D eigenvalue weighted by molar-refractivity contribution is 1.10. The van der Waals surface area contributed by atoms with E-state index in [1.54, 1.807) is 0 Å². The van der Waals surface area contributed by atoms with Gasteiger partial charge in [0.2, 0.25) is 0 Å². The van der Waals surface area contributed by atoms with Crippen LogP contribution in [0.15, 0.2) is 0 Å². The number of hydrogen-bond donors (Lipinski definition) is 2. The number of nitrogen functional groups attached to an aromatic ring is 1. The van der Waals surface area contributed by atoms with Gasteiger partial charge in [0, 0.05) is 0 Å². The highest BCUT2D eigenvalue weighted by atomic mass is 15.3. The Morgan fingerprint density at radius 3 is 2.50 bits per heavy atom. The summed E-state index contributed by atoms with van der Waals surface area (Å²) in [6.45, 7) is 0. The van der Waals surface area contributed by atoms with Gasteiger partial charge in [-0.05, 0) is 0 Å². The molecule has 40 valence electrons. The fourth-order valence-corrected chi connectivity index (χ4v) is 0.586.